The number of carbonyl (C=O) groups excluding carboxylic acids is 2. The van der Waals surface area contributed by atoms with E-state index in [1.165, 1.54) is 0 Å². The predicted octanol–water partition coefficient (Wildman–Crippen LogP) is 4.76. The summed E-state index contributed by atoms with van der Waals surface area (Å²) in [5.74, 6) is 0.0727. The molecule has 9 nitrogen and oxygen atoms in total. The van der Waals surface area contributed by atoms with Gasteiger partial charge < -0.3 is 25.1 Å². The van der Waals surface area contributed by atoms with E-state index in [1.54, 1.807) is 47.7 Å². The van der Waals surface area contributed by atoms with E-state index in [-0.39, 0.29) is 22.6 Å². The fourth-order valence-electron chi connectivity index (χ4n) is 3.81. The lowest BCUT2D eigenvalue weighted by molar-refractivity contribution is 0.0783. The van der Waals surface area contributed by atoms with E-state index < -0.39 is 0 Å². The first-order chi connectivity index (χ1) is 18.3. The number of anilines is 1. The Labute approximate surface area is 230 Å². The van der Waals surface area contributed by atoms with Gasteiger partial charge in [-0.25, -0.2) is 4.98 Å². The third-order valence-corrected chi connectivity index (χ3v) is 7.24. The van der Waals surface area contributed by atoms with Gasteiger partial charge in [-0.05, 0) is 43.7 Å². The molecule has 0 bridgehead atoms. The zero-order valence-corrected chi connectivity index (χ0v) is 23.8. The van der Waals surface area contributed by atoms with Crippen molar-refractivity contribution in [2.24, 2.45) is 0 Å². The number of H-pyrrole nitrogens is 2. The standard InChI is InChI=1S/C25H27ClN6O3S.C2H6/c1-31(2)9-10-32(3)25(35)16-13-20-19(12-15(16)14-33)29-23(30-20)22-18(4-7-28-24(22)34)27-8-5-21-17(26)6-11-36-21;1-2/h4,6-7,11-14H,5,8-10H2,1-3H3,(H,29,30)(H2,27,28,34);1-2H3. The molecule has 0 aliphatic carbocycles. The number of imidazole rings is 1. The van der Waals surface area contributed by atoms with Gasteiger partial charge in [-0.3, -0.25) is 14.4 Å². The highest BCUT2D eigenvalue weighted by Gasteiger charge is 2.20. The first-order valence-electron chi connectivity index (χ1n) is 12.4. The number of aromatic amines is 2. The van der Waals surface area contributed by atoms with E-state index in [4.69, 9.17) is 11.6 Å². The summed E-state index contributed by atoms with van der Waals surface area (Å²) >= 11 is 7.77. The molecule has 0 spiro atoms. The lowest BCUT2D eigenvalue weighted by Gasteiger charge is -2.20. The number of pyridine rings is 1. The maximum Gasteiger partial charge on any atom is 0.261 e. The van der Waals surface area contributed by atoms with Gasteiger partial charge in [0.2, 0.25) is 0 Å². The third-order valence-electron chi connectivity index (χ3n) is 5.80. The molecule has 3 aromatic heterocycles. The molecular weight excluding hydrogens is 524 g/mol. The minimum atomic E-state index is -0.316. The number of halogens is 1. The molecule has 4 aromatic rings. The zero-order chi connectivity index (χ0) is 27.8. The molecule has 0 aliphatic rings. The molecule has 1 aromatic carbocycles. The number of hydrogen-bond acceptors (Lipinski definition) is 7. The van der Waals surface area contributed by atoms with Crippen LogP contribution in [0.1, 0.15) is 39.4 Å². The summed E-state index contributed by atoms with van der Waals surface area (Å²) in [5.41, 5.74) is 2.20. The first kappa shape index (κ1) is 29.1. The molecule has 0 saturated heterocycles. The van der Waals surface area contributed by atoms with Crippen LogP contribution in [0.2, 0.25) is 5.02 Å². The number of aromatic nitrogens is 3. The van der Waals surface area contributed by atoms with Crippen LogP contribution in [0.4, 0.5) is 5.69 Å². The molecular formula is C27H33ClN6O3S. The topological polar surface area (TPSA) is 114 Å². The minimum Gasteiger partial charge on any atom is -0.384 e. The largest absolute Gasteiger partial charge is 0.384 e. The molecule has 0 atom stereocenters. The zero-order valence-electron chi connectivity index (χ0n) is 22.2. The fraction of sp³-hybridized carbons (Fsp3) is 0.333. The highest BCUT2D eigenvalue weighted by Crippen LogP contribution is 2.27. The monoisotopic (exact) mass is 556 g/mol. The van der Waals surface area contributed by atoms with Crippen molar-refractivity contribution < 1.29 is 9.59 Å². The van der Waals surface area contributed by atoms with Gasteiger partial charge >= 0.3 is 0 Å². The Hall–Kier alpha value is -3.47. The van der Waals surface area contributed by atoms with Crippen LogP contribution in [0.25, 0.3) is 22.4 Å². The summed E-state index contributed by atoms with van der Waals surface area (Å²) < 4.78 is 0. The Morgan fingerprint density at radius 1 is 1.18 bits per heavy atom. The number of aldehydes is 1. The van der Waals surface area contributed by atoms with E-state index in [2.05, 4.69) is 20.3 Å². The number of fused-ring (bicyclic) bond motifs is 1. The molecule has 202 valence electrons. The fourth-order valence-corrected chi connectivity index (χ4v) is 4.94. The highest BCUT2D eigenvalue weighted by atomic mass is 35.5. The number of amides is 1. The molecule has 4 rings (SSSR count). The van der Waals surface area contributed by atoms with Gasteiger partial charge in [-0.15, -0.1) is 11.3 Å². The number of nitrogens with one attached hydrogen (secondary N) is 3. The second-order valence-corrected chi connectivity index (χ2v) is 10.1. The number of nitrogens with zero attached hydrogens (tertiary/aromatic N) is 3. The molecule has 1 amide bonds. The second-order valence-electron chi connectivity index (χ2n) is 8.65. The van der Waals surface area contributed by atoms with E-state index >= 15 is 0 Å². The lowest BCUT2D eigenvalue weighted by atomic mass is 10.1. The minimum absolute atomic E-state index is 0.257. The van der Waals surface area contributed by atoms with Gasteiger partial charge in [0.1, 0.15) is 11.4 Å². The van der Waals surface area contributed by atoms with Gasteiger partial charge in [0, 0.05) is 49.7 Å². The number of carbonyl (C=O) groups is 2. The molecule has 0 saturated carbocycles. The number of rotatable bonds is 10. The number of hydrogen-bond donors (Lipinski definition) is 3. The van der Waals surface area contributed by atoms with Crippen LogP contribution in [0.15, 0.2) is 40.6 Å². The molecule has 11 heteroatoms. The van der Waals surface area contributed by atoms with E-state index in [0.717, 1.165) is 9.90 Å². The summed E-state index contributed by atoms with van der Waals surface area (Å²) in [4.78, 5) is 52.7. The van der Waals surface area contributed by atoms with Gasteiger partial charge in [0.15, 0.2) is 6.29 Å². The normalized spacial score (nSPS) is 10.8. The molecule has 38 heavy (non-hydrogen) atoms. The quantitative estimate of drug-likeness (QED) is 0.243. The Bertz CT molecular complexity index is 1460. The molecule has 3 N–H and O–H groups in total. The van der Waals surface area contributed by atoms with Crippen molar-refractivity contribution in [3.8, 4) is 11.4 Å². The van der Waals surface area contributed by atoms with Gasteiger partial charge in [-0.1, -0.05) is 25.4 Å². The summed E-state index contributed by atoms with van der Waals surface area (Å²) in [7, 11) is 5.56. The first-order valence-corrected chi connectivity index (χ1v) is 13.6. The Morgan fingerprint density at radius 2 is 1.95 bits per heavy atom. The van der Waals surface area contributed by atoms with Crippen LogP contribution in [-0.2, 0) is 6.42 Å². The lowest BCUT2D eigenvalue weighted by Crippen LogP contribution is -2.34. The Kier molecular flexibility index (Phi) is 10.2. The summed E-state index contributed by atoms with van der Waals surface area (Å²) in [6.45, 7) is 5.78. The van der Waals surface area contributed by atoms with Crippen LogP contribution in [-0.4, -0.2) is 77.7 Å². The third kappa shape index (κ3) is 6.69. The van der Waals surface area contributed by atoms with Crippen LogP contribution in [0.3, 0.4) is 0 Å². The molecule has 0 radical (unpaired) electrons. The average Bonchev–Trinajstić information content (AvgIpc) is 3.52. The van der Waals surface area contributed by atoms with Crippen molar-refractivity contribution in [1.29, 1.82) is 0 Å². The molecule has 0 aliphatic heterocycles. The number of likely N-dealkylation sites (N-methyl/N-ethyl adjacent to an activating group) is 2. The van der Waals surface area contributed by atoms with Gasteiger partial charge in [0.25, 0.3) is 11.5 Å². The summed E-state index contributed by atoms with van der Waals surface area (Å²) in [6, 6.07) is 6.82. The van der Waals surface area contributed by atoms with Crippen molar-refractivity contribution in [3.05, 3.63) is 67.2 Å². The van der Waals surface area contributed by atoms with Gasteiger partial charge in [0.05, 0.1) is 27.3 Å². The second kappa shape index (κ2) is 13.4. The van der Waals surface area contributed by atoms with Gasteiger partial charge in [-0.2, -0.15) is 0 Å². The summed E-state index contributed by atoms with van der Waals surface area (Å²) in [5, 5.41) is 5.97. The predicted molar refractivity (Wildman–Crippen MR) is 156 cm³/mol. The Morgan fingerprint density at radius 3 is 2.61 bits per heavy atom. The van der Waals surface area contributed by atoms with Crippen LogP contribution in [0, 0.1) is 0 Å². The van der Waals surface area contributed by atoms with E-state index in [0.29, 0.717) is 60.4 Å². The van der Waals surface area contributed by atoms with Crippen LogP contribution >= 0.6 is 22.9 Å². The smallest absolute Gasteiger partial charge is 0.261 e. The van der Waals surface area contributed by atoms with Crippen LogP contribution in [0.5, 0.6) is 0 Å². The maximum absolute atomic E-state index is 13.0. The van der Waals surface area contributed by atoms with Crippen molar-refractivity contribution in [3.63, 3.8) is 0 Å². The maximum atomic E-state index is 13.0. The Balaban J connectivity index is 0.00000195. The van der Waals surface area contributed by atoms with Crippen molar-refractivity contribution in [1.82, 2.24) is 24.8 Å². The molecule has 0 fully saturated rings. The molecule has 0 unspecified atom stereocenters. The van der Waals surface area contributed by atoms with Crippen molar-refractivity contribution in [2.75, 3.05) is 46.1 Å². The molecule has 3 heterocycles. The SMILES string of the molecule is CC.CN(C)CCN(C)C(=O)c1cc2nc(-c3c(NCCc4sccc4Cl)cc[nH]c3=O)[nH]c2cc1C=O. The van der Waals surface area contributed by atoms with E-state index in [1.807, 2.05) is 44.3 Å². The van der Waals surface area contributed by atoms with E-state index in [9.17, 15) is 14.4 Å². The number of benzene rings is 1. The van der Waals surface area contributed by atoms with Crippen molar-refractivity contribution in [2.45, 2.75) is 20.3 Å². The van der Waals surface area contributed by atoms with Crippen LogP contribution < -0.4 is 10.9 Å². The highest BCUT2D eigenvalue weighted by molar-refractivity contribution is 7.10. The number of thiophene rings is 1. The van der Waals surface area contributed by atoms with Crippen molar-refractivity contribution >= 4 is 51.9 Å². The average molecular weight is 557 g/mol. The summed E-state index contributed by atoms with van der Waals surface area (Å²) in [6.07, 6.45) is 2.93.